The zero-order valence-electron chi connectivity index (χ0n) is 19.1. The molecule has 0 aliphatic carbocycles. The fraction of sp³-hybridized carbons (Fsp3) is 0.231. The Morgan fingerprint density at radius 3 is 2.37 bits per heavy atom. The predicted octanol–water partition coefficient (Wildman–Crippen LogP) is 3.93. The van der Waals surface area contributed by atoms with Gasteiger partial charge in [-0.25, -0.2) is 8.42 Å². The van der Waals surface area contributed by atoms with Crippen molar-refractivity contribution in [3.8, 4) is 0 Å². The molecule has 3 aromatic carbocycles. The highest BCUT2D eigenvalue weighted by atomic mass is 127. The number of carbonyl (C=O) groups excluding carboxylic acids is 2. The van der Waals surface area contributed by atoms with Crippen molar-refractivity contribution in [2.45, 2.75) is 30.8 Å². The SMILES string of the molecule is O=C(CN(c1ccc(I)cc1)S(=O)(=O)c1ccccc1)NCc1cccc(CN2CCCC2=O)c1. The Morgan fingerprint density at radius 1 is 0.971 bits per heavy atom. The first-order valence-electron chi connectivity index (χ1n) is 11.3. The minimum atomic E-state index is -3.94. The number of benzene rings is 3. The molecule has 1 aliphatic rings. The van der Waals surface area contributed by atoms with Crippen LogP contribution in [0.25, 0.3) is 0 Å². The van der Waals surface area contributed by atoms with Gasteiger partial charge in [0.25, 0.3) is 10.0 Å². The molecular formula is C26H26IN3O4S. The second kappa shape index (κ2) is 11.2. The van der Waals surface area contributed by atoms with E-state index in [1.165, 1.54) is 12.1 Å². The van der Waals surface area contributed by atoms with E-state index in [0.717, 1.165) is 32.0 Å². The maximum atomic E-state index is 13.4. The molecule has 3 aromatic rings. The average molecular weight is 603 g/mol. The predicted molar refractivity (Wildman–Crippen MR) is 143 cm³/mol. The van der Waals surface area contributed by atoms with Crippen molar-refractivity contribution >= 4 is 50.1 Å². The largest absolute Gasteiger partial charge is 0.350 e. The second-order valence-corrected chi connectivity index (χ2v) is 11.4. The lowest BCUT2D eigenvalue weighted by atomic mass is 10.1. The van der Waals surface area contributed by atoms with Crippen LogP contribution in [0, 0.1) is 3.57 Å². The minimum absolute atomic E-state index is 0.121. The molecule has 1 aliphatic heterocycles. The molecule has 0 radical (unpaired) electrons. The van der Waals surface area contributed by atoms with Crippen LogP contribution in [0.5, 0.6) is 0 Å². The monoisotopic (exact) mass is 603 g/mol. The highest BCUT2D eigenvalue weighted by molar-refractivity contribution is 14.1. The van der Waals surface area contributed by atoms with Crippen LogP contribution in [-0.2, 0) is 32.7 Å². The van der Waals surface area contributed by atoms with Crippen LogP contribution >= 0.6 is 22.6 Å². The van der Waals surface area contributed by atoms with Gasteiger partial charge >= 0.3 is 0 Å². The van der Waals surface area contributed by atoms with Crippen molar-refractivity contribution in [1.82, 2.24) is 10.2 Å². The molecule has 2 amide bonds. The molecule has 9 heteroatoms. The lowest BCUT2D eigenvalue weighted by Crippen LogP contribution is -2.40. The Morgan fingerprint density at radius 2 is 1.69 bits per heavy atom. The van der Waals surface area contributed by atoms with Crippen LogP contribution in [0.4, 0.5) is 5.69 Å². The van der Waals surface area contributed by atoms with E-state index in [-0.39, 0.29) is 23.9 Å². The third-order valence-electron chi connectivity index (χ3n) is 5.76. The third-order valence-corrected chi connectivity index (χ3v) is 8.27. The first kappa shape index (κ1) is 25.2. The maximum Gasteiger partial charge on any atom is 0.264 e. The van der Waals surface area contributed by atoms with E-state index in [9.17, 15) is 18.0 Å². The molecule has 182 valence electrons. The fourth-order valence-electron chi connectivity index (χ4n) is 3.96. The normalized spacial score (nSPS) is 13.6. The Balaban J connectivity index is 1.46. The summed E-state index contributed by atoms with van der Waals surface area (Å²) in [5, 5.41) is 2.84. The number of anilines is 1. The lowest BCUT2D eigenvalue weighted by Gasteiger charge is -2.24. The minimum Gasteiger partial charge on any atom is -0.350 e. The van der Waals surface area contributed by atoms with Crippen molar-refractivity contribution in [3.63, 3.8) is 0 Å². The zero-order valence-corrected chi connectivity index (χ0v) is 22.0. The number of nitrogens with one attached hydrogen (secondary N) is 1. The van der Waals surface area contributed by atoms with Crippen molar-refractivity contribution in [2.24, 2.45) is 0 Å². The highest BCUT2D eigenvalue weighted by Gasteiger charge is 2.27. The zero-order chi connectivity index (χ0) is 24.8. The fourth-order valence-corrected chi connectivity index (χ4v) is 5.76. The standard InChI is InChI=1S/C26H26IN3O4S/c27-22-11-13-23(14-12-22)30(35(33,34)24-8-2-1-3-9-24)19-25(31)28-17-20-6-4-7-21(16-20)18-29-15-5-10-26(29)32/h1-4,6-9,11-14,16H,5,10,15,17-19H2,(H,28,31). The quantitative estimate of drug-likeness (QED) is 0.376. The smallest absolute Gasteiger partial charge is 0.264 e. The van der Waals surface area contributed by atoms with Gasteiger partial charge in [-0.2, -0.15) is 0 Å². The van der Waals surface area contributed by atoms with E-state index >= 15 is 0 Å². The number of nitrogens with zero attached hydrogens (tertiary/aromatic N) is 2. The van der Waals surface area contributed by atoms with Crippen molar-refractivity contribution in [1.29, 1.82) is 0 Å². The van der Waals surface area contributed by atoms with E-state index in [1.807, 2.05) is 29.2 Å². The summed E-state index contributed by atoms with van der Waals surface area (Å²) in [6.45, 7) is 1.23. The number of hydrogen-bond acceptors (Lipinski definition) is 4. The highest BCUT2D eigenvalue weighted by Crippen LogP contribution is 2.24. The van der Waals surface area contributed by atoms with Crippen molar-refractivity contribution in [3.05, 3.63) is 93.6 Å². The van der Waals surface area contributed by atoms with E-state index in [1.54, 1.807) is 42.5 Å². The topological polar surface area (TPSA) is 86.8 Å². The van der Waals surface area contributed by atoms with Crippen molar-refractivity contribution < 1.29 is 18.0 Å². The number of amides is 2. The number of likely N-dealkylation sites (tertiary alicyclic amines) is 1. The molecule has 0 saturated carbocycles. The Labute approximate surface area is 219 Å². The van der Waals surface area contributed by atoms with Crippen LogP contribution in [0.3, 0.4) is 0 Å². The molecule has 1 N–H and O–H groups in total. The summed E-state index contributed by atoms with van der Waals surface area (Å²) < 4.78 is 28.8. The summed E-state index contributed by atoms with van der Waals surface area (Å²) >= 11 is 2.15. The summed E-state index contributed by atoms with van der Waals surface area (Å²) in [5.74, 6) is -0.248. The molecule has 1 fully saturated rings. The van der Waals surface area contributed by atoms with Crippen LogP contribution < -0.4 is 9.62 Å². The van der Waals surface area contributed by atoms with E-state index in [2.05, 4.69) is 27.9 Å². The van der Waals surface area contributed by atoms with E-state index < -0.39 is 15.9 Å². The van der Waals surface area contributed by atoms with Gasteiger partial charge in [-0.3, -0.25) is 13.9 Å². The number of halogens is 1. The summed E-state index contributed by atoms with van der Waals surface area (Å²) in [6, 6.07) is 22.8. The first-order valence-corrected chi connectivity index (χ1v) is 13.8. The van der Waals surface area contributed by atoms with Crippen molar-refractivity contribution in [2.75, 3.05) is 17.4 Å². The lowest BCUT2D eigenvalue weighted by molar-refractivity contribution is -0.128. The van der Waals surface area contributed by atoms with E-state index in [0.29, 0.717) is 18.7 Å². The molecule has 7 nitrogen and oxygen atoms in total. The summed E-state index contributed by atoms with van der Waals surface area (Å²) in [7, 11) is -3.94. The van der Waals surface area contributed by atoms with Gasteiger partial charge in [-0.1, -0.05) is 42.5 Å². The van der Waals surface area contributed by atoms with Gasteiger partial charge in [0.05, 0.1) is 10.6 Å². The molecular weight excluding hydrogens is 577 g/mol. The van der Waals surface area contributed by atoms with Gasteiger partial charge in [0, 0.05) is 29.6 Å². The van der Waals surface area contributed by atoms with Gasteiger partial charge < -0.3 is 10.2 Å². The van der Waals surface area contributed by atoms with Gasteiger partial charge in [0.2, 0.25) is 11.8 Å². The third kappa shape index (κ3) is 6.40. The molecule has 1 saturated heterocycles. The van der Waals surface area contributed by atoms with Gasteiger partial charge in [0.1, 0.15) is 6.54 Å². The summed E-state index contributed by atoms with van der Waals surface area (Å²) in [5.41, 5.74) is 2.30. The molecule has 0 spiro atoms. The van der Waals surface area contributed by atoms with Crippen LogP contribution in [0.1, 0.15) is 24.0 Å². The molecule has 0 atom stereocenters. The molecule has 4 rings (SSSR count). The van der Waals surface area contributed by atoms with Gasteiger partial charge in [-0.05, 0) is 76.5 Å². The Bertz CT molecular complexity index is 1300. The summed E-state index contributed by atoms with van der Waals surface area (Å²) in [6.07, 6.45) is 1.48. The van der Waals surface area contributed by atoms with Crippen LogP contribution in [-0.4, -0.2) is 38.2 Å². The molecule has 0 bridgehead atoms. The maximum absolute atomic E-state index is 13.4. The van der Waals surface area contributed by atoms with Crippen LogP contribution in [0.15, 0.2) is 83.8 Å². The average Bonchev–Trinajstić information content (AvgIpc) is 3.26. The van der Waals surface area contributed by atoms with Gasteiger partial charge in [-0.15, -0.1) is 0 Å². The Kier molecular flexibility index (Phi) is 8.07. The van der Waals surface area contributed by atoms with Crippen LogP contribution in [0.2, 0.25) is 0 Å². The number of carbonyl (C=O) groups is 2. The number of sulfonamides is 1. The molecule has 0 unspecified atom stereocenters. The number of hydrogen-bond donors (Lipinski definition) is 1. The molecule has 1 heterocycles. The molecule has 35 heavy (non-hydrogen) atoms. The summed E-state index contributed by atoms with van der Waals surface area (Å²) in [4.78, 5) is 26.8. The van der Waals surface area contributed by atoms with E-state index in [4.69, 9.17) is 0 Å². The Hall–Kier alpha value is -2.92. The molecule has 0 aromatic heterocycles. The number of rotatable bonds is 9. The van der Waals surface area contributed by atoms with Gasteiger partial charge in [0.15, 0.2) is 0 Å². The first-order chi connectivity index (χ1) is 16.8. The second-order valence-electron chi connectivity index (χ2n) is 8.32.